The lowest BCUT2D eigenvalue weighted by Gasteiger charge is -2.03. The summed E-state index contributed by atoms with van der Waals surface area (Å²) in [6.45, 7) is -10.2. The smallest absolute Gasteiger partial charge is 0.337 e. The van der Waals surface area contributed by atoms with E-state index < -0.39 is 32.2 Å². The molecule has 2 N–H and O–H groups in total. The third-order valence-electron chi connectivity index (χ3n) is 3.39. The number of rotatable bonds is 7. The van der Waals surface area contributed by atoms with Crippen LogP contribution in [0.4, 0.5) is 0 Å². The second-order valence-electron chi connectivity index (χ2n) is 5.34. The largest absolute Gasteiger partial charge is 0.465 e. The number of hydrogen-bond donors (Lipinski definition) is 2. The molecule has 8 nitrogen and oxygen atoms in total. The molecule has 1 saturated heterocycles. The topological polar surface area (TPSA) is 115 Å². The fraction of sp³-hybridized carbons (Fsp3) is 0.391. The number of epoxide rings is 1. The fourth-order valence-corrected chi connectivity index (χ4v) is 1.87. The molecular formula is C23H32O8. The maximum absolute atomic E-state index is 11.2. The van der Waals surface area contributed by atoms with Crippen LogP contribution in [-0.4, -0.2) is 62.6 Å². The van der Waals surface area contributed by atoms with E-state index in [0.29, 0.717) is 16.7 Å². The summed E-state index contributed by atoms with van der Waals surface area (Å²) in [6.07, 6.45) is 0. The highest BCUT2D eigenvalue weighted by Gasteiger charge is 2.04. The predicted octanol–water partition coefficient (Wildman–Crippen LogP) is 2.60. The van der Waals surface area contributed by atoms with Crippen molar-refractivity contribution < 1.29 is 49.7 Å². The number of esters is 2. The number of hydrogen-bond acceptors (Lipinski definition) is 8. The van der Waals surface area contributed by atoms with Crippen LogP contribution in [0.25, 0.3) is 0 Å². The minimum absolute atomic E-state index is 0. The monoisotopic (exact) mass is 444 g/mol. The number of aliphatic hydroxyl groups is 2. The van der Waals surface area contributed by atoms with Gasteiger partial charge in [-0.15, -0.1) is 0 Å². The van der Waals surface area contributed by atoms with Crippen molar-refractivity contribution in [1.82, 2.24) is 0 Å². The van der Waals surface area contributed by atoms with Crippen molar-refractivity contribution in [1.29, 1.82) is 0 Å². The SMILES string of the molecule is C.COC(=O)c1ccc(CO)cc1.[2H]C([2H])(O)C([2H])([2H])OCc1ccc(C(=O)OC)cc1.[2H]C1([2H])OC1([2H])[2H]. The van der Waals surface area contributed by atoms with Crippen LogP contribution >= 0.6 is 0 Å². The molecular weight excluding hydrogens is 404 g/mol. The lowest BCUT2D eigenvalue weighted by molar-refractivity contribution is 0.0591. The van der Waals surface area contributed by atoms with Crippen molar-refractivity contribution in [3.8, 4) is 0 Å². The van der Waals surface area contributed by atoms with Crippen molar-refractivity contribution in [2.24, 2.45) is 0 Å². The van der Waals surface area contributed by atoms with E-state index in [4.69, 9.17) is 25.9 Å². The summed E-state index contributed by atoms with van der Waals surface area (Å²) < 4.78 is 71.9. The van der Waals surface area contributed by atoms with Gasteiger partial charge in [0.2, 0.25) is 0 Å². The van der Waals surface area contributed by atoms with Crippen molar-refractivity contribution >= 4 is 11.9 Å². The van der Waals surface area contributed by atoms with Crippen LogP contribution in [0.3, 0.4) is 0 Å². The predicted molar refractivity (Wildman–Crippen MR) is 116 cm³/mol. The van der Waals surface area contributed by atoms with Gasteiger partial charge in [-0.25, -0.2) is 9.59 Å². The van der Waals surface area contributed by atoms with E-state index in [9.17, 15) is 9.59 Å². The molecule has 1 heterocycles. The highest BCUT2D eigenvalue weighted by atomic mass is 16.6. The molecule has 0 unspecified atom stereocenters. The van der Waals surface area contributed by atoms with Gasteiger partial charge in [0.05, 0.1) is 75.8 Å². The quantitative estimate of drug-likeness (QED) is 0.495. The number of ether oxygens (including phenoxy) is 4. The first-order valence-corrected chi connectivity index (χ1v) is 8.42. The maximum atomic E-state index is 11.2. The Balaban J connectivity index is 0.000000613. The zero-order valence-electron chi connectivity index (χ0n) is 24.4. The van der Waals surface area contributed by atoms with E-state index in [1.807, 2.05) is 0 Å². The fourth-order valence-electron chi connectivity index (χ4n) is 1.87. The molecule has 0 aromatic heterocycles. The maximum Gasteiger partial charge on any atom is 0.337 e. The summed E-state index contributed by atoms with van der Waals surface area (Å²) in [5.41, 5.74) is 2.14. The van der Waals surface area contributed by atoms with Gasteiger partial charge in [0.15, 0.2) is 0 Å². The third-order valence-corrected chi connectivity index (χ3v) is 3.39. The molecule has 0 radical (unpaired) electrons. The van der Waals surface area contributed by atoms with Gasteiger partial charge in [-0.3, -0.25) is 0 Å². The summed E-state index contributed by atoms with van der Waals surface area (Å²) in [6, 6.07) is 12.6. The Hall–Kier alpha value is -2.78. The third kappa shape index (κ3) is 12.5. The van der Waals surface area contributed by atoms with Crippen molar-refractivity contribution in [2.75, 3.05) is 40.5 Å². The molecule has 31 heavy (non-hydrogen) atoms. The van der Waals surface area contributed by atoms with Crippen LogP contribution in [0.1, 0.15) is 50.2 Å². The van der Waals surface area contributed by atoms with Crippen molar-refractivity contribution in [2.45, 2.75) is 20.6 Å². The van der Waals surface area contributed by atoms with Gasteiger partial charge < -0.3 is 29.2 Å². The van der Waals surface area contributed by atoms with Gasteiger partial charge in [-0.05, 0) is 35.4 Å². The second-order valence-corrected chi connectivity index (χ2v) is 5.34. The molecule has 0 amide bonds. The lowest BCUT2D eigenvalue weighted by Crippen LogP contribution is -2.02. The summed E-state index contributed by atoms with van der Waals surface area (Å²) in [5.74, 6) is -0.853. The first kappa shape index (κ1) is 16.9. The van der Waals surface area contributed by atoms with E-state index in [2.05, 4.69) is 14.2 Å². The molecule has 0 aliphatic carbocycles. The average molecular weight is 445 g/mol. The molecule has 1 aliphatic rings. The van der Waals surface area contributed by atoms with E-state index in [-0.39, 0.29) is 26.6 Å². The van der Waals surface area contributed by atoms with Gasteiger partial charge in [-0.2, -0.15) is 0 Å². The Morgan fingerprint density at radius 1 is 0.935 bits per heavy atom. The van der Waals surface area contributed by atoms with E-state index in [0.717, 1.165) is 5.56 Å². The highest BCUT2D eigenvalue weighted by Crippen LogP contribution is 2.07. The Morgan fingerprint density at radius 2 is 1.35 bits per heavy atom. The standard InChI is InChI=1S/C11H14O4.C9H10O3.C2H4O.CH4/c1-14-11(13)10-4-2-9(3-5-10)8-15-7-6-12;1-12-9(11)8-4-2-7(6-10)3-5-8;1-2-3-1;/h2-5,12H,6-8H2,1H3;2-5,10H,6H2,1H3;1-2H2;1H4/i6D2,7D2;;1D2,2D2;. The molecule has 0 spiro atoms. The van der Waals surface area contributed by atoms with Gasteiger partial charge in [0, 0.05) is 0 Å². The first-order valence-electron chi connectivity index (χ1n) is 12.4. The molecule has 1 fully saturated rings. The molecule has 0 bridgehead atoms. The normalized spacial score (nSPS) is 18.8. The van der Waals surface area contributed by atoms with Crippen molar-refractivity contribution in [3.05, 3.63) is 70.8 Å². The highest BCUT2D eigenvalue weighted by molar-refractivity contribution is 5.89. The van der Waals surface area contributed by atoms with Crippen LogP contribution in [0, 0.1) is 0 Å². The first-order chi connectivity index (χ1) is 17.4. The van der Waals surface area contributed by atoms with E-state index >= 15 is 0 Å². The molecule has 172 valence electrons. The van der Waals surface area contributed by atoms with Crippen LogP contribution < -0.4 is 0 Å². The van der Waals surface area contributed by atoms with Crippen LogP contribution in [0.5, 0.6) is 0 Å². The molecule has 3 rings (SSSR count). The van der Waals surface area contributed by atoms with Gasteiger partial charge in [-0.1, -0.05) is 31.7 Å². The number of methoxy groups -OCH3 is 2. The zero-order chi connectivity index (χ0) is 29.4. The Kier molecular flexibility index (Phi) is 9.22. The Labute approximate surface area is 194 Å². The number of carbonyl (C=O) groups is 2. The lowest BCUT2D eigenvalue weighted by atomic mass is 10.1. The summed E-state index contributed by atoms with van der Waals surface area (Å²) in [7, 11) is 2.60. The molecule has 2 aromatic rings. The average Bonchev–Trinajstić information content (AvgIpc) is 3.35. The Bertz CT molecular complexity index is 1040. The van der Waals surface area contributed by atoms with Gasteiger partial charge >= 0.3 is 11.9 Å². The minimum Gasteiger partial charge on any atom is -0.465 e. The summed E-state index contributed by atoms with van der Waals surface area (Å²) >= 11 is 0. The molecule has 1 aliphatic heterocycles. The summed E-state index contributed by atoms with van der Waals surface area (Å²) in [4.78, 5) is 22.1. The molecule has 0 saturated carbocycles. The van der Waals surface area contributed by atoms with Gasteiger partial charge in [0.1, 0.15) is 0 Å². The minimum atomic E-state index is -3.10. The number of carbonyl (C=O) groups excluding carboxylic acids is 2. The van der Waals surface area contributed by atoms with Crippen molar-refractivity contribution in [3.63, 3.8) is 0 Å². The van der Waals surface area contributed by atoms with Gasteiger partial charge in [0.25, 0.3) is 0 Å². The second kappa shape index (κ2) is 17.0. The summed E-state index contributed by atoms with van der Waals surface area (Å²) in [5, 5.41) is 17.7. The molecule has 2 aromatic carbocycles. The molecule has 0 atom stereocenters. The van der Waals surface area contributed by atoms with Crippen LogP contribution in [-0.2, 0) is 32.2 Å². The Morgan fingerprint density at radius 3 is 1.68 bits per heavy atom. The van der Waals surface area contributed by atoms with E-state index in [1.54, 1.807) is 24.3 Å². The van der Waals surface area contributed by atoms with Crippen LogP contribution in [0.15, 0.2) is 48.5 Å². The number of benzene rings is 2. The molecule has 8 heteroatoms. The number of aliphatic hydroxyl groups excluding tert-OH is 1. The zero-order valence-corrected chi connectivity index (χ0v) is 16.4. The van der Waals surface area contributed by atoms with Crippen LogP contribution in [0.2, 0.25) is 0 Å². The van der Waals surface area contributed by atoms with E-state index in [1.165, 1.54) is 38.5 Å².